The number of nitrogens with two attached hydrogens (primary N) is 1. The molecule has 4 nitrogen and oxygen atoms in total. The number of ether oxygens (including phenoxy) is 1. The van der Waals surface area contributed by atoms with Gasteiger partial charge in [-0.2, -0.15) is 8.78 Å². The number of halogens is 2. The molecule has 140 valence electrons. The van der Waals surface area contributed by atoms with Gasteiger partial charge in [0.15, 0.2) is 0 Å². The predicted molar refractivity (Wildman–Crippen MR) is 97.2 cm³/mol. The fourth-order valence-electron chi connectivity index (χ4n) is 2.57. The van der Waals surface area contributed by atoms with Crippen molar-refractivity contribution >= 4 is 5.91 Å². The third-order valence-electron chi connectivity index (χ3n) is 4.09. The van der Waals surface area contributed by atoms with E-state index in [-0.39, 0.29) is 30.7 Å². The highest BCUT2D eigenvalue weighted by molar-refractivity contribution is 5.79. The van der Waals surface area contributed by atoms with Crippen molar-refractivity contribution in [2.75, 3.05) is 6.54 Å². The van der Waals surface area contributed by atoms with Crippen molar-refractivity contribution in [3.63, 3.8) is 0 Å². The lowest BCUT2D eigenvalue weighted by molar-refractivity contribution is -0.120. The predicted octanol–water partition coefficient (Wildman–Crippen LogP) is 3.77. The molecule has 0 bridgehead atoms. The first-order chi connectivity index (χ1) is 12.4. The highest BCUT2D eigenvalue weighted by Crippen LogP contribution is 2.21. The minimum absolute atomic E-state index is 0.00576. The van der Waals surface area contributed by atoms with Crippen LogP contribution in [0.2, 0.25) is 0 Å². The zero-order chi connectivity index (χ0) is 19.1. The van der Waals surface area contributed by atoms with Crippen LogP contribution in [0.5, 0.6) is 5.75 Å². The first-order valence-electron chi connectivity index (χ1n) is 8.51. The summed E-state index contributed by atoms with van der Waals surface area (Å²) in [4.78, 5) is 12.1. The molecule has 0 aliphatic rings. The molecule has 0 aromatic heterocycles. The van der Waals surface area contributed by atoms with Gasteiger partial charge in [-0.15, -0.1) is 0 Å². The van der Waals surface area contributed by atoms with E-state index in [1.807, 2.05) is 24.3 Å². The van der Waals surface area contributed by atoms with E-state index in [9.17, 15) is 13.6 Å². The maximum absolute atomic E-state index is 12.4. The molecule has 0 radical (unpaired) electrons. The average Bonchev–Trinajstić information content (AvgIpc) is 2.61. The van der Waals surface area contributed by atoms with Gasteiger partial charge in [0, 0.05) is 18.2 Å². The van der Waals surface area contributed by atoms with Crippen LogP contribution in [-0.4, -0.2) is 19.1 Å². The summed E-state index contributed by atoms with van der Waals surface area (Å²) in [5, 5.41) is 2.74. The van der Waals surface area contributed by atoms with Crippen LogP contribution in [0.3, 0.4) is 0 Å². The standard InChI is InChI=1S/C20H24F2N2O2/c1-13(2)14-7-9-15(10-8-14)17(23)12-24-19(25)11-16-5-3-4-6-18(16)26-20(21)22/h3-10,13,17,20H,11-12,23H2,1-2H3,(H,24,25). The molecule has 0 heterocycles. The van der Waals surface area contributed by atoms with Crippen LogP contribution < -0.4 is 15.8 Å². The molecule has 1 unspecified atom stereocenters. The van der Waals surface area contributed by atoms with E-state index in [1.54, 1.807) is 18.2 Å². The quantitative estimate of drug-likeness (QED) is 0.751. The van der Waals surface area contributed by atoms with Crippen LogP contribution in [-0.2, 0) is 11.2 Å². The molecule has 0 spiro atoms. The zero-order valence-corrected chi connectivity index (χ0v) is 14.9. The molecule has 6 heteroatoms. The summed E-state index contributed by atoms with van der Waals surface area (Å²) in [6.07, 6.45) is -0.0537. The average molecular weight is 362 g/mol. The molecule has 26 heavy (non-hydrogen) atoms. The first kappa shape index (κ1) is 19.8. The molecule has 1 atom stereocenters. The van der Waals surface area contributed by atoms with E-state index in [0.717, 1.165) is 5.56 Å². The van der Waals surface area contributed by atoms with Crippen LogP contribution in [0, 0.1) is 0 Å². The summed E-state index contributed by atoms with van der Waals surface area (Å²) < 4.78 is 29.3. The van der Waals surface area contributed by atoms with Gasteiger partial charge in [0.1, 0.15) is 5.75 Å². The Bertz CT molecular complexity index is 718. The largest absolute Gasteiger partial charge is 0.435 e. The SMILES string of the molecule is CC(C)c1ccc(C(N)CNC(=O)Cc2ccccc2OC(F)F)cc1. The van der Waals surface area contributed by atoms with Crippen molar-refractivity contribution in [1.29, 1.82) is 0 Å². The van der Waals surface area contributed by atoms with Crippen LogP contribution >= 0.6 is 0 Å². The van der Waals surface area contributed by atoms with Crippen LogP contribution in [0.4, 0.5) is 8.78 Å². The number of carbonyl (C=O) groups is 1. The number of para-hydroxylation sites is 1. The van der Waals surface area contributed by atoms with E-state index in [0.29, 0.717) is 11.5 Å². The fraction of sp³-hybridized carbons (Fsp3) is 0.350. The van der Waals surface area contributed by atoms with Crippen molar-refractivity contribution in [3.05, 3.63) is 65.2 Å². The highest BCUT2D eigenvalue weighted by atomic mass is 19.3. The monoisotopic (exact) mass is 362 g/mol. The lowest BCUT2D eigenvalue weighted by atomic mass is 9.99. The van der Waals surface area contributed by atoms with Crippen molar-refractivity contribution in [2.24, 2.45) is 5.73 Å². The molecule has 2 aromatic rings. The Morgan fingerprint density at radius 1 is 1.08 bits per heavy atom. The number of hydrogen-bond acceptors (Lipinski definition) is 3. The second-order valence-corrected chi connectivity index (χ2v) is 6.39. The van der Waals surface area contributed by atoms with Crippen molar-refractivity contribution < 1.29 is 18.3 Å². The molecule has 0 aliphatic carbocycles. The molecule has 3 N–H and O–H groups in total. The lowest BCUT2D eigenvalue weighted by Crippen LogP contribution is -2.33. The maximum atomic E-state index is 12.4. The van der Waals surface area contributed by atoms with Crippen LogP contribution in [0.25, 0.3) is 0 Å². The summed E-state index contributed by atoms with van der Waals surface area (Å²) in [7, 11) is 0. The Morgan fingerprint density at radius 3 is 2.31 bits per heavy atom. The Balaban J connectivity index is 1.90. The number of amides is 1. The van der Waals surface area contributed by atoms with E-state index < -0.39 is 6.61 Å². The number of carbonyl (C=O) groups excluding carboxylic acids is 1. The van der Waals surface area contributed by atoms with Gasteiger partial charge in [-0.3, -0.25) is 4.79 Å². The van der Waals surface area contributed by atoms with Crippen LogP contribution in [0.1, 0.15) is 42.5 Å². The molecular weight excluding hydrogens is 338 g/mol. The minimum Gasteiger partial charge on any atom is -0.435 e. The molecule has 1 amide bonds. The van der Waals surface area contributed by atoms with Crippen molar-refractivity contribution in [2.45, 2.75) is 38.8 Å². The van der Waals surface area contributed by atoms with Gasteiger partial charge in [0.05, 0.1) is 6.42 Å². The molecule has 0 saturated carbocycles. The number of alkyl halides is 2. The summed E-state index contributed by atoms with van der Waals surface area (Å²) in [6, 6.07) is 13.9. The second kappa shape index (κ2) is 9.29. The van der Waals surface area contributed by atoms with Crippen molar-refractivity contribution in [1.82, 2.24) is 5.32 Å². The van der Waals surface area contributed by atoms with Gasteiger partial charge in [-0.05, 0) is 23.1 Å². The Morgan fingerprint density at radius 2 is 1.69 bits per heavy atom. The number of hydrogen-bond donors (Lipinski definition) is 2. The maximum Gasteiger partial charge on any atom is 0.387 e. The minimum atomic E-state index is -2.93. The van der Waals surface area contributed by atoms with Crippen molar-refractivity contribution in [3.8, 4) is 5.75 Å². The normalized spacial score (nSPS) is 12.3. The number of rotatable bonds is 8. The lowest BCUT2D eigenvalue weighted by Gasteiger charge is -2.15. The van der Waals surface area contributed by atoms with Gasteiger partial charge in [-0.1, -0.05) is 56.3 Å². The van der Waals surface area contributed by atoms with Gasteiger partial charge in [0.25, 0.3) is 0 Å². The second-order valence-electron chi connectivity index (χ2n) is 6.39. The van der Waals surface area contributed by atoms with E-state index in [4.69, 9.17) is 5.73 Å². The Labute approximate surface area is 152 Å². The third-order valence-corrected chi connectivity index (χ3v) is 4.09. The number of benzene rings is 2. The summed E-state index contributed by atoms with van der Waals surface area (Å²) >= 11 is 0. The first-order valence-corrected chi connectivity index (χ1v) is 8.51. The number of nitrogens with one attached hydrogen (secondary N) is 1. The summed E-state index contributed by atoms with van der Waals surface area (Å²) in [5.74, 6) is 0.145. The third kappa shape index (κ3) is 5.81. The van der Waals surface area contributed by atoms with Gasteiger partial charge < -0.3 is 15.8 Å². The topological polar surface area (TPSA) is 64.3 Å². The molecule has 0 aliphatic heterocycles. The Kier molecular flexibility index (Phi) is 7.09. The molecule has 2 aromatic carbocycles. The Hall–Kier alpha value is -2.47. The molecular formula is C20H24F2N2O2. The molecule has 0 fully saturated rings. The summed E-state index contributed by atoms with van der Waals surface area (Å²) in [5.41, 5.74) is 8.67. The van der Waals surface area contributed by atoms with E-state index in [1.165, 1.54) is 11.6 Å². The fourth-order valence-corrected chi connectivity index (χ4v) is 2.57. The van der Waals surface area contributed by atoms with Crippen LogP contribution in [0.15, 0.2) is 48.5 Å². The summed E-state index contributed by atoms with van der Waals surface area (Å²) in [6.45, 7) is 1.56. The molecule has 2 rings (SSSR count). The molecule has 0 saturated heterocycles. The van der Waals surface area contributed by atoms with E-state index in [2.05, 4.69) is 23.9 Å². The highest BCUT2D eigenvalue weighted by Gasteiger charge is 2.13. The van der Waals surface area contributed by atoms with Gasteiger partial charge >= 0.3 is 6.61 Å². The zero-order valence-electron chi connectivity index (χ0n) is 14.9. The van der Waals surface area contributed by atoms with Gasteiger partial charge in [0.2, 0.25) is 5.91 Å². The smallest absolute Gasteiger partial charge is 0.387 e. The van der Waals surface area contributed by atoms with Gasteiger partial charge in [-0.25, -0.2) is 0 Å². The van der Waals surface area contributed by atoms with E-state index >= 15 is 0 Å².